The molecular weight excluding hydrogens is 604 g/mol. The van der Waals surface area contributed by atoms with Gasteiger partial charge in [-0.15, -0.1) is 0 Å². The summed E-state index contributed by atoms with van der Waals surface area (Å²) >= 11 is 0. The Kier molecular flexibility index (Phi) is 8.51. The van der Waals surface area contributed by atoms with Crippen molar-refractivity contribution in [3.63, 3.8) is 0 Å². The van der Waals surface area contributed by atoms with Crippen LogP contribution in [0.4, 0.5) is 0 Å². The first kappa shape index (κ1) is 31.1. The molecule has 4 heteroatoms. The predicted octanol–water partition coefficient (Wildman–Crippen LogP) is 10.2. The predicted molar refractivity (Wildman–Crippen MR) is 197 cm³/mol. The summed E-state index contributed by atoms with van der Waals surface area (Å²) in [5, 5.41) is 0. The maximum atomic E-state index is 6.34. The highest BCUT2D eigenvalue weighted by Gasteiger charge is 2.28. The molecule has 0 bridgehead atoms. The minimum absolute atomic E-state index is 0.178. The summed E-state index contributed by atoms with van der Waals surface area (Å²) < 4.78 is 23.6. The van der Waals surface area contributed by atoms with Gasteiger partial charge >= 0.3 is 0 Å². The summed E-state index contributed by atoms with van der Waals surface area (Å²) in [6.45, 7) is 7.21. The second-order valence-corrected chi connectivity index (χ2v) is 13.5. The van der Waals surface area contributed by atoms with E-state index in [1.165, 1.54) is 33.4 Å². The van der Waals surface area contributed by atoms with E-state index >= 15 is 0 Å². The SMILES string of the molecule is CC(C)(c1ccc(OCC2CO2)c(-c2ccc(-c3ccccc3)cc2)c1)c1ccc(OCC2CO2)c(-c2ccc(-c3ccccc3)cc2)c1. The number of rotatable bonds is 12. The fourth-order valence-corrected chi connectivity index (χ4v) is 6.35. The van der Waals surface area contributed by atoms with Crippen LogP contribution < -0.4 is 9.47 Å². The first-order valence-corrected chi connectivity index (χ1v) is 17.1. The van der Waals surface area contributed by atoms with E-state index in [0.717, 1.165) is 47.0 Å². The number of epoxide rings is 2. The normalized spacial score (nSPS) is 16.6. The molecule has 244 valence electrons. The highest BCUT2D eigenvalue weighted by molar-refractivity contribution is 5.77. The van der Waals surface area contributed by atoms with Gasteiger partial charge in [0.25, 0.3) is 0 Å². The molecule has 2 saturated heterocycles. The topological polar surface area (TPSA) is 43.5 Å². The monoisotopic (exact) mass is 644 g/mol. The van der Waals surface area contributed by atoms with Crippen LogP contribution in [0, 0.1) is 0 Å². The largest absolute Gasteiger partial charge is 0.490 e. The standard InChI is InChI=1S/C45H40O4/c1-45(2,37-21-23-43(48-29-39-27-46-39)41(25-37)35-17-13-33(14-18-35)31-9-5-3-6-10-31)38-22-24-44(49-30-40-28-47-40)42(26-38)36-19-15-34(16-20-36)32-11-7-4-8-12-32/h3-26,39-40H,27-30H2,1-2H3. The number of ether oxygens (including phenoxy) is 4. The van der Waals surface area contributed by atoms with E-state index in [1.807, 2.05) is 12.1 Å². The van der Waals surface area contributed by atoms with Crippen molar-refractivity contribution in [1.29, 1.82) is 0 Å². The molecule has 0 aliphatic carbocycles. The number of benzene rings is 6. The molecule has 8 rings (SSSR count). The van der Waals surface area contributed by atoms with E-state index < -0.39 is 0 Å². The lowest BCUT2D eigenvalue weighted by Crippen LogP contribution is -2.19. The fraction of sp³-hybridized carbons (Fsp3) is 0.200. The third kappa shape index (κ3) is 7.03. The van der Waals surface area contributed by atoms with Gasteiger partial charge in [0.2, 0.25) is 0 Å². The first-order chi connectivity index (χ1) is 24.0. The van der Waals surface area contributed by atoms with Gasteiger partial charge in [-0.3, -0.25) is 0 Å². The smallest absolute Gasteiger partial charge is 0.127 e. The van der Waals surface area contributed by atoms with Crippen LogP contribution in [0.5, 0.6) is 11.5 Å². The Morgan fingerprint density at radius 2 is 0.816 bits per heavy atom. The molecule has 4 nitrogen and oxygen atoms in total. The zero-order valence-corrected chi connectivity index (χ0v) is 28.0. The van der Waals surface area contributed by atoms with Crippen molar-refractivity contribution >= 4 is 0 Å². The lowest BCUT2D eigenvalue weighted by molar-refractivity contribution is 0.263. The molecule has 6 aromatic carbocycles. The molecule has 0 aromatic heterocycles. The summed E-state index contributed by atoms with van der Waals surface area (Å²) in [5.41, 5.74) is 11.3. The van der Waals surface area contributed by atoms with Crippen molar-refractivity contribution in [2.75, 3.05) is 26.4 Å². The Bertz CT molecular complexity index is 1880. The Labute approximate surface area is 288 Å². The molecule has 2 atom stereocenters. The molecule has 49 heavy (non-hydrogen) atoms. The van der Waals surface area contributed by atoms with Crippen LogP contribution in [0.3, 0.4) is 0 Å². The van der Waals surface area contributed by atoms with Gasteiger partial charge in [-0.1, -0.05) is 135 Å². The average Bonchev–Trinajstić information content (AvgIpc) is 4.10. The van der Waals surface area contributed by atoms with E-state index in [9.17, 15) is 0 Å². The van der Waals surface area contributed by atoms with Gasteiger partial charge in [0.1, 0.15) is 36.9 Å². The van der Waals surface area contributed by atoms with Crippen LogP contribution in [0.2, 0.25) is 0 Å². The molecule has 6 aromatic rings. The Hall–Kier alpha value is -5.16. The Morgan fingerprint density at radius 1 is 0.469 bits per heavy atom. The molecule has 2 aliphatic heterocycles. The van der Waals surface area contributed by atoms with E-state index in [2.05, 4.69) is 147 Å². The number of hydrogen-bond donors (Lipinski definition) is 0. The maximum absolute atomic E-state index is 6.34. The second-order valence-electron chi connectivity index (χ2n) is 13.5. The molecule has 0 amide bonds. The van der Waals surface area contributed by atoms with Crippen molar-refractivity contribution in [1.82, 2.24) is 0 Å². The third-order valence-electron chi connectivity index (χ3n) is 9.66. The second kappa shape index (κ2) is 13.4. The molecule has 2 fully saturated rings. The summed E-state index contributed by atoms with van der Waals surface area (Å²) in [6.07, 6.45) is 0.355. The number of hydrogen-bond acceptors (Lipinski definition) is 4. The van der Waals surface area contributed by atoms with Gasteiger partial charge in [0, 0.05) is 16.5 Å². The Balaban J connectivity index is 1.14. The lowest BCUT2D eigenvalue weighted by Gasteiger charge is -2.28. The Morgan fingerprint density at radius 3 is 1.18 bits per heavy atom. The van der Waals surface area contributed by atoms with Gasteiger partial charge in [-0.05, 0) is 68.8 Å². The van der Waals surface area contributed by atoms with Gasteiger partial charge < -0.3 is 18.9 Å². The average molecular weight is 645 g/mol. The summed E-state index contributed by atoms with van der Waals surface area (Å²) in [7, 11) is 0. The summed E-state index contributed by atoms with van der Waals surface area (Å²) in [6, 6.07) is 51.8. The van der Waals surface area contributed by atoms with E-state index in [0.29, 0.717) is 13.2 Å². The van der Waals surface area contributed by atoms with Crippen molar-refractivity contribution in [2.45, 2.75) is 31.5 Å². The summed E-state index contributed by atoms with van der Waals surface area (Å²) in [4.78, 5) is 0. The quantitative estimate of drug-likeness (QED) is 0.124. The van der Waals surface area contributed by atoms with Crippen molar-refractivity contribution in [3.8, 4) is 56.0 Å². The van der Waals surface area contributed by atoms with Gasteiger partial charge in [0.05, 0.1) is 13.2 Å². The van der Waals surface area contributed by atoms with E-state index in [1.54, 1.807) is 0 Å². The van der Waals surface area contributed by atoms with Gasteiger partial charge in [-0.25, -0.2) is 0 Å². The van der Waals surface area contributed by atoms with E-state index in [4.69, 9.17) is 18.9 Å². The zero-order valence-electron chi connectivity index (χ0n) is 28.0. The zero-order chi connectivity index (χ0) is 33.2. The maximum Gasteiger partial charge on any atom is 0.127 e. The molecule has 2 aliphatic rings. The van der Waals surface area contributed by atoms with Crippen LogP contribution in [-0.4, -0.2) is 38.6 Å². The van der Waals surface area contributed by atoms with Crippen LogP contribution >= 0.6 is 0 Å². The van der Waals surface area contributed by atoms with Crippen LogP contribution in [0.1, 0.15) is 25.0 Å². The van der Waals surface area contributed by atoms with Crippen LogP contribution in [0.25, 0.3) is 44.5 Å². The highest BCUT2D eigenvalue weighted by Crippen LogP contribution is 2.42. The fourth-order valence-electron chi connectivity index (χ4n) is 6.35. The molecule has 2 unspecified atom stereocenters. The van der Waals surface area contributed by atoms with Crippen molar-refractivity contribution < 1.29 is 18.9 Å². The van der Waals surface area contributed by atoms with Gasteiger partial charge in [-0.2, -0.15) is 0 Å². The molecule has 0 spiro atoms. The lowest BCUT2D eigenvalue weighted by atomic mass is 9.76. The minimum atomic E-state index is -0.312. The van der Waals surface area contributed by atoms with Crippen LogP contribution in [0.15, 0.2) is 146 Å². The highest BCUT2D eigenvalue weighted by atomic mass is 16.6. The molecule has 0 saturated carbocycles. The van der Waals surface area contributed by atoms with E-state index in [-0.39, 0.29) is 17.6 Å². The third-order valence-corrected chi connectivity index (χ3v) is 9.66. The molecular formula is C45H40O4. The minimum Gasteiger partial charge on any atom is -0.490 e. The van der Waals surface area contributed by atoms with Crippen LogP contribution in [-0.2, 0) is 14.9 Å². The van der Waals surface area contributed by atoms with Crippen molar-refractivity contribution in [3.05, 3.63) is 157 Å². The first-order valence-electron chi connectivity index (χ1n) is 17.1. The van der Waals surface area contributed by atoms with Crippen molar-refractivity contribution in [2.24, 2.45) is 0 Å². The molecule has 2 heterocycles. The molecule has 0 radical (unpaired) electrons. The van der Waals surface area contributed by atoms with Gasteiger partial charge in [0.15, 0.2) is 0 Å². The summed E-state index contributed by atoms with van der Waals surface area (Å²) in [5.74, 6) is 1.74. The molecule has 0 N–H and O–H groups in total.